The van der Waals surface area contributed by atoms with Crippen LogP contribution in [0.3, 0.4) is 0 Å². The Hall–Kier alpha value is -3.28. The zero-order chi connectivity index (χ0) is 27.7. The molecule has 0 fully saturated rings. The van der Waals surface area contributed by atoms with Crippen LogP contribution in [-0.4, -0.2) is 47.1 Å². The summed E-state index contributed by atoms with van der Waals surface area (Å²) in [6.45, 7) is 1.88. The van der Waals surface area contributed by atoms with Crippen molar-refractivity contribution in [2.45, 2.75) is 13.5 Å². The molecule has 0 aliphatic rings. The molecule has 0 unspecified atom stereocenters. The number of rotatable bonds is 12. The van der Waals surface area contributed by atoms with Gasteiger partial charge in [-0.2, -0.15) is 5.10 Å². The van der Waals surface area contributed by atoms with Gasteiger partial charge in [0.15, 0.2) is 11.5 Å². The van der Waals surface area contributed by atoms with Crippen molar-refractivity contribution in [3.8, 4) is 17.2 Å². The van der Waals surface area contributed by atoms with Gasteiger partial charge in [0, 0.05) is 10.6 Å². The normalized spacial score (nSPS) is 11.3. The molecular formula is C26H27BrClN3O6S. The van der Waals surface area contributed by atoms with Gasteiger partial charge in [0.25, 0.3) is 5.91 Å². The highest BCUT2D eigenvalue weighted by Crippen LogP contribution is 2.37. The topological polar surface area (TPSA) is 107 Å². The number of ether oxygens (including phenoxy) is 3. The summed E-state index contributed by atoms with van der Waals surface area (Å²) in [5, 5.41) is 4.56. The van der Waals surface area contributed by atoms with Crippen molar-refractivity contribution in [2.24, 2.45) is 5.10 Å². The molecule has 12 heteroatoms. The highest BCUT2D eigenvalue weighted by Gasteiger charge is 2.23. The number of carbonyl (C=O) groups is 1. The number of carbonyl (C=O) groups excluding carboxylic acids is 1. The molecule has 0 heterocycles. The summed E-state index contributed by atoms with van der Waals surface area (Å²) in [5.74, 6) is 0.634. The molecule has 3 aromatic carbocycles. The number of benzene rings is 3. The van der Waals surface area contributed by atoms with Crippen molar-refractivity contribution in [3.63, 3.8) is 0 Å². The van der Waals surface area contributed by atoms with E-state index in [1.807, 2.05) is 18.2 Å². The second-order valence-corrected chi connectivity index (χ2v) is 11.0. The molecular weight excluding hydrogens is 598 g/mol. The quantitative estimate of drug-likeness (QED) is 0.225. The molecule has 0 saturated carbocycles. The molecule has 0 atom stereocenters. The van der Waals surface area contributed by atoms with Crippen LogP contribution in [0.2, 0.25) is 5.02 Å². The first-order chi connectivity index (χ1) is 18.1. The van der Waals surface area contributed by atoms with E-state index in [0.717, 1.165) is 16.1 Å². The van der Waals surface area contributed by atoms with Gasteiger partial charge >= 0.3 is 0 Å². The van der Waals surface area contributed by atoms with Crippen LogP contribution in [0.4, 0.5) is 5.69 Å². The highest BCUT2D eigenvalue weighted by atomic mass is 79.9. The molecule has 38 heavy (non-hydrogen) atoms. The van der Waals surface area contributed by atoms with Crippen molar-refractivity contribution in [1.29, 1.82) is 0 Å². The molecule has 0 aliphatic carbocycles. The number of halogens is 2. The zero-order valence-electron chi connectivity index (χ0n) is 21.0. The third-order valence-corrected chi connectivity index (χ3v) is 7.19. The van der Waals surface area contributed by atoms with Gasteiger partial charge in [-0.05, 0) is 58.7 Å². The number of nitrogens with zero attached hydrogens (tertiary/aromatic N) is 2. The molecule has 0 bridgehead atoms. The lowest BCUT2D eigenvalue weighted by Gasteiger charge is -2.23. The van der Waals surface area contributed by atoms with Crippen molar-refractivity contribution in [3.05, 3.63) is 81.3 Å². The third-order valence-electron chi connectivity index (χ3n) is 5.11. The number of para-hydroxylation sites is 2. The van der Waals surface area contributed by atoms with Crippen LogP contribution in [0, 0.1) is 0 Å². The van der Waals surface area contributed by atoms with Gasteiger partial charge in [0.05, 0.1) is 36.3 Å². The number of nitrogens with one attached hydrogen (secondary N) is 1. The number of methoxy groups -OCH3 is 1. The van der Waals surface area contributed by atoms with Gasteiger partial charge in [-0.3, -0.25) is 9.10 Å². The lowest BCUT2D eigenvalue weighted by molar-refractivity contribution is -0.119. The standard InChI is InChI=1S/C26H27BrClN3O6S/c1-4-36-23-12-8-7-11-22(23)31(38(3,33)34)16-25(32)30-29-15-18-13-20(27)26(24(14-18)35-2)37-17-19-9-5-6-10-21(19)28/h5-15H,4,16-17H2,1-3H3,(H,30,32)/b29-15-. The van der Waals surface area contributed by atoms with Gasteiger partial charge in [-0.1, -0.05) is 41.9 Å². The van der Waals surface area contributed by atoms with E-state index in [4.69, 9.17) is 25.8 Å². The minimum absolute atomic E-state index is 0.237. The number of hydrogen-bond acceptors (Lipinski definition) is 7. The monoisotopic (exact) mass is 623 g/mol. The van der Waals surface area contributed by atoms with Crippen LogP contribution in [0.1, 0.15) is 18.1 Å². The van der Waals surface area contributed by atoms with Crippen molar-refractivity contribution < 1.29 is 27.4 Å². The number of amides is 1. The van der Waals surface area contributed by atoms with Crippen molar-refractivity contribution in [2.75, 3.05) is 30.8 Å². The molecule has 3 aromatic rings. The number of sulfonamides is 1. The second-order valence-electron chi connectivity index (χ2n) is 7.88. The fraction of sp³-hybridized carbons (Fsp3) is 0.231. The second kappa shape index (κ2) is 13.5. The molecule has 1 amide bonds. The maximum absolute atomic E-state index is 12.6. The third kappa shape index (κ3) is 7.86. The highest BCUT2D eigenvalue weighted by molar-refractivity contribution is 9.10. The van der Waals surface area contributed by atoms with Crippen LogP contribution < -0.4 is 23.9 Å². The summed E-state index contributed by atoms with van der Waals surface area (Å²) in [6, 6.07) is 17.4. The molecule has 0 radical (unpaired) electrons. The van der Waals surface area contributed by atoms with E-state index >= 15 is 0 Å². The molecule has 9 nitrogen and oxygen atoms in total. The van der Waals surface area contributed by atoms with Gasteiger partial charge in [0.2, 0.25) is 10.0 Å². The Balaban J connectivity index is 1.71. The summed E-state index contributed by atoms with van der Waals surface area (Å²) in [5.41, 5.74) is 4.04. The SMILES string of the molecule is CCOc1ccccc1N(CC(=O)N/N=C\c1cc(Br)c(OCc2ccccc2Cl)c(OC)c1)S(C)(=O)=O. The van der Waals surface area contributed by atoms with E-state index in [1.54, 1.807) is 49.4 Å². The Morgan fingerprint density at radius 2 is 1.82 bits per heavy atom. The minimum Gasteiger partial charge on any atom is -0.493 e. The number of hydrogen-bond donors (Lipinski definition) is 1. The summed E-state index contributed by atoms with van der Waals surface area (Å²) in [7, 11) is -2.28. The van der Waals surface area contributed by atoms with Crippen molar-refractivity contribution >= 4 is 55.4 Å². The Kier molecular flexibility index (Phi) is 10.4. The summed E-state index contributed by atoms with van der Waals surface area (Å²) >= 11 is 9.69. The van der Waals surface area contributed by atoms with Gasteiger partial charge in [0.1, 0.15) is 18.9 Å². The number of anilines is 1. The van der Waals surface area contributed by atoms with Gasteiger partial charge < -0.3 is 14.2 Å². The first-order valence-electron chi connectivity index (χ1n) is 11.4. The molecule has 0 saturated heterocycles. The van der Waals surface area contributed by atoms with E-state index in [-0.39, 0.29) is 12.3 Å². The van der Waals surface area contributed by atoms with Crippen LogP contribution >= 0.6 is 27.5 Å². The summed E-state index contributed by atoms with van der Waals surface area (Å²) < 4.78 is 43.4. The smallest absolute Gasteiger partial charge is 0.260 e. The van der Waals surface area contributed by atoms with Crippen LogP contribution in [0.25, 0.3) is 0 Å². The van der Waals surface area contributed by atoms with E-state index in [2.05, 4.69) is 26.5 Å². The molecule has 1 N–H and O–H groups in total. The molecule has 0 aromatic heterocycles. The average Bonchev–Trinajstić information content (AvgIpc) is 2.87. The summed E-state index contributed by atoms with van der Waals surface area (Å²) in [6.07, 6.45) is 2.42. The first-order valence-corrected chi connectivity index (χ1v) is 14.4. The molecule has 202 valence electrons. The van der Waals surface area contributed by atoms with E-state index in [1.165, 1.54) is 13.3 Å². The van der Waals surface area contributed by atoms with Crippen molar-refractivity contribution in [1.82, 2.24) is 5.43 Å². The van der Waals surface area contributed by atoms with E-state index < -0.39 is 22.5 Å². The number of hydrazone groups is 1. The molecule has 3 rings (SSSR count). The lowest BCUT2D eigenvalue weighted by Crippen LogP contribution is -2.39. The Morgan fingerprint density at radius 3 is 2.50 bits per heavy atom. The lowest BCUT2D eigenvalue weighted by atomic mass is 10.2. The average molecular weight is 625 g/mol. The van der Waals surface area contributed by atoms with Crippen LogP contribution in [0.15, 0.2) is 70.2 Å². The minimum atomic E-state index is -3.78. The largest absolute Gasteiger partial charge is 0.493 e. The predicted octanol–water partition coefficient (Wildman–Crippen LogP) is 5.01. The Bertz CT molecular complexity index is 1420. The fourth-order valence-electron chi connectivity index (χ4n) is 3.39. The Morgan fingerprint density at radius 1 is 1.11 bits per heavy atom. The van der Waals surface area contributed by atoms with Gasteiger partial charge in [-0.25, -0.2) is 13.8 Å². The maximum Gasteiger partial charge on any atom is 0.260 e. The van der Waals surface area contributed by atoms with E-state index in [9.17, 15) is 13.2 Å². The van der Waals surface area contributed by atoms with Crippen LogP contribution in [-0.2, 0) is 21.4 Å². The Labute approximate surface area is 235 Å². The first kappa shape index (κ1) is 29.3. The zero-order valence-corrected chi connectivity index (χ0v) is 24.1. The maximum atomic E-state index is 12.6. The predicted molar refractivity (Wildman–Crippen MR) is 152 cm³/mol. The van der Waals surface area contributed by atoms with E-state index in [0.29, 0.717) is 38.9 Å². The molecule has 0 spiro atoms. The van der Waals surface area contributed by atoms with Crippen LogP contribution in [0.5, 0.6) is 17.2 Å². The summed E-state index contributed by atoms with van der Waals surface area (Å²) in [4.78, 5) is 12.6. The fourth-order valence-corrected chi connectivity index (χ4v) is 5.01. The molecule has 0 aliphatic heterocycles. The van der Waals surface area contributed by atoms with Gasteiger partial charge in [-0.15, -0.1) is 0 Å².